The Balaban J connectivity index is 1.54. The molecule has 3 aliphatic rings. The number of aromatic nitrogens is 1. The Hall–Kier alpha value is -3.69. The Morgan fingerprint density at radius 3 is 2.76 bits per heavy atom. The molecule has 3 nitrogen and oxygen atoms in total. The largest absolute Gasteiger partial charge is 0.364 e. The first-order valence-corrected chi connectivity index (χ1v) is 12.0. The van der Waals surface area contributed by atoms with Gasteiger partial charge < -0.3 is 5.32 Å². The molecule has 0 saturated carbocycles. The van der Waals surface area contributed by atoms with Crippen molar-refractivity contribution in [2.24, 2.45) is 5.92 Å². The lowest BCUT2D eigenvalue weighted by Crippen LogP contribution is -2.39. The standard InChI is InChI=1S/C30H23ClN2O/c31-29-14-10-20(18-33-29)30(34)21-16-26-24-11-9-19-6-3-4-7-22(19)23(24)12-13-25(26)27(17-21)28-8-2-1-5-15-32-28/h1-8,10-16,18,21,27,32H,9,17H2. The summed E-state index contributed by atoms with van der Waals surface area (Å²) in [6.07, 6.45) is 17.8. The third-order valence-electron chi connectivity index (χ3n) is 6.96. The van der Waals surface area contributed by atoms with Gasteiger partial charge in [0.05, 0.1) is 0 Å². The van der Waals surface area contributed by atoms with Gasteiger partial charge in [0, 0.05) is 35.5 Å². The summed E-state index contributed by atoms with van der Waals surface area (Å²) in [5.41, 5.74) is 6.80. The average Bonchev–Trinajstić information content (AvgIpc) is 3.17. The van der Waals surface area contributed by atoms with E-state index in [1.165, 1.54) is 32.7 Å². The highest BCUT2D eigenvalue weighted by molar-refractivity contribution is 6.29. The van der Waals surface area contributed by atoms with Crippen molar-refractivity contribution < 1.29 is 4.79 Å². The topological polar surface area (TPSA) is 42.0 Å². The molecule has 1 N–H and O–H groups in total. The van der Waals surface area contributed by atoms with Crippen molar-refractivity contribution in [3.8, 4) is 11.1 Å². The number of nitrogens with one attached hydrogen (secondary N) is 1. The van der Waals surface area contributed by atoms with Gasteiger partial charge in [0.1, 0.15) is 5.15 Å². The quantitative estimate of drug-likeness (QED) is 0.437. The minimum Gasteiger partial charge on any atom is -0.364 e. The van der Waals surface area contributed by atoms with Gasteiger partial charge in [-0.05, 0) is 69.8 Å². The Kier molecular flexibility index (Phi) is 5.27. The van der Waals surface area contributed by atoms with Crippen molar-refractivity contribution >= 4 is 29.5 Å². The predicted molar refractivity (Wildman–Crippen MR) is 138 cm³/mol. The number of allylic oxidation sites excluding steroid dienone is 5. The third kappa shape index (κ3) is 3.63. The summed E-state index contributed by atoms with van der Waals surface area (Å²) in [5, 5.41) is 6.24. The smallest absolute Gasteiger partial charge is 0.171 e. The Bertz CT molecular complexity index is 1510. The lowest BCUT2D eigenvalue weighted by molar-refractivity contribution is 0.0943. The summed E-state index contributed by atoms with van der Waals surface area (Å²) < 4.78 is 0. The zero-order valence-corrected chi connectivity index (χ0v) is 19.3. The minimum atomic E-state index is -0.253. The number of pyridine rings is 1. The highest BCUT2D eigenvalue weighted by Gasteiger charge is 2.31. The van der Waals surface area contributed by atoms with Gasteiger partial charge in [-0.2, -0.15) is 0 Å². The third-order valence-corrected chi connectivity index (χ3v) is 7.18. The van der Waals surface area contributed by atoms with Crippen LogP contribution in [0, 0.1) is 5.92 Å². The maximum atomic E-state index is 13.6. The average molecular weight is 463 g/mol. The van der Waals surface area contributed by atoms with E-state index in [0.29, 0.717) is 17.1 Å². The summed E-state index contributed by atoms with van der Waals surface area (Å²) in [7, 11) is 0. The van der Waals surface area contributed by atoms with Gasteiger partial charge in [-0.3, -0.25) is 4.79 Å². The van der Waals surface area contributed by atoms with Crippen LogP contribution >= 0.6 is 11.6 Å². The van der Waals surface area contributed by atoms with Gasteiger partial charge in [0.2, 0.25) is 0 Å². The molecule has 0 spiro atoms. The fourth-order valence-corrected chi connectivity index (χ4v) is 5.43. The Labute approximate surface area is 203 Å². The maximum absolute atomic E-state index is 13.6. The summed E-state index contributed by atoms with van der Waals surface area (Å²) >= 11 is 5.97. The van der Waals surface area contributed by atoms with Crippen molar-refractivity contribution in [3.63, 3.8) is 0 Å². The van der Waals surface area contributed by atoms with Gasteiger partial charge >= 0.3 is 0 Å². The second-order valence-corrected chi connectivity index (χ2v) is 9.29. The molecule has 0 radical (unpaired) electrons. The molecule has 1 aliphatic heterocycles. The predicted octanol–water partition coefficient (Wildman–Crippen LogP) is 5.06. The van der Waals surface area contributed by atoms with Gasteiger partial charge in [0.15, 0.2) is 5.78 Å². The van der Waals surface area contributed by atoms with Crippen LogP contribution in [0.15, 0.2) is 90.9 Å². The first-order valence-electron chi connectivity index (χ1n) is 11.6. The monoisotopic (exact) mass is 462 g/mol. The van der Waals surface area contributed by atoms with E-state index in [-0.39, 0.29) is 17.6 Å². The highest BCUT2D eigenvalue weighted by atomic mass is 35.5. The van der Waals surface area contributed by atoms with E-state index in [1.54, 1.807) is 18.3 Å². The molecule has 3 aromatic rings. The summed E-state index contributed by atoms with van der Waals surface area (Å²) in [4.78, 5) is 17.7. The second kappa shape index (κ2) is 8.58. The molecular formula is C30H23ClN2O. The summed E-state index contributed by atoms with van der Waals surface area (Å²) in [6, 6.07) is 16.5. The molecule has 1 aromatic heterocycles. The molecule has 166 valence electrons. The van der Waals surface area contributed by atoms with Crippen LogP contribution in [0.4, 0.5) is 0 Å². The Morgan fingerprint density at radius 1 is 0.971 bits per heavy atom. The van der Waals surface area contributed by atoms with Crippen molar-refractivity contribution in [2.75, 3.05) is 0 Å². The highest BCUT2D eigenvalue weighted by Crippen LogP contribution is 2.35. The Morgan fingerprint density at radius 2 is 1.88 bits per heavy atom. The van der Waals surface area contributed by atoms with Crippen molar-refractivity contribution in [2.45, 2.75) is 18.8 Å². The number of ketones is 1. The number of rotatable bonds is 3. The molecule has 34 heavy (non-hydrogen) atoms. The molecule has 0 bridgehead atoms. The molecule has 2 aliphatic carbocycles. The minimum absolute atomic E-state index is 0.0777. The SMILES string of the molecule is O=C(c1ccc(Cl)nc1)C1C=c2c(ccc3c2=CCc2ccccc2-3)C(C2=CC=CC=CN2)C1. The van der Waals surface area contributed by atoms with Crippen LogP contribution in [-0.4, -0.2) is 10.8 Å². The number of halogens is 1. The molecule has 0 amide bonds. The molecule has 2 unspecified atom stereocenters. The van der Waals surface area contributed by atoms with Crippen LogP contribution in [0.2, 0.25) is 5.15 Å². The fourth-order valence-electron chi connectivity index (χ4n) is 5.32. The van der Waals surface area contributed by atoms with E-state index in [2.05, 4.69) is 64.9 Å². The number of fused-ring (bicyclic) bond motifs is 5. The number of hydrogen-bond acceptors (Lipinski definition) is 3. The summed E-state index contributed by atoms with van der Waals surface area (Å²) in [5.74, 6) is -0.0946. The number of hydrogen-bond donors (Lipinski definition) is 1. The van der Waals surface area contributed by atoms with E-state index in [4.69, 9.17) is 11.6 Å². The van der Waals surface area contributed by atoms with E-state index in [0.717, 1.165) is 12.1 Å². The van der Waals surface area contributed by atoms with Crippen LogP contribution < -0.4 is 15.8 Å². The number of carbonyl (C=O) groups is 1. The van der Waals surface area contributed by atoms with Gasteiger partial charge in [-0.1, -0.05) is 72.3 Å². The van der Waals surface area contributed by atoms with Gasteiger partial charge in [-0.25, -0.2) is 4.98 Å². The molecule has 0 saturated heterocycles. The molecule has 2 atom stereocenters. The van der Waals surface area contributed by atoms with Crippen LogP contribution in [0.25, 0.3) is 23.3 Å². The number of nitrogens with zero attached hydrogens (tertiary/aromatic N) is 1. The van der Waals surface area contributed by atoms with Crippen LogP contribution in [-0.2, 0) is 6.42 Å². The fraction of sp³-hybridized carbons (Fsp3) is 0.133. The summed E-state index contributed by atoms with van der Waals surface area (Å²) in [6.45, 7) is 0. The van der Waals surface area contributed by atoms with Crippen LogP contribution in [0.5, 0.6) is 0 Å². The molecule has 0 fully saturated rings. The lowest BCUT2D eigenvalue weighted by Gasteiger charge is -2.30. The van der Waals surface area contributed by atoms with Crippen LogP contribution in [0.1, 0.15) is 33.8 Å². The number of carbonyl (C=O) groups excluding carboxylic acids is 1. The van der Waals surface area contributed by atoms with Crippen molar-refractivity contribution in [1.82, 2.24) is 10.3 Å². The molecular weight excluding hydrogens is 440 g/mol. The molecule has 4 heteroatoms. The van der Waals surface area contributed by atoms with Crippen LogP contribution in [0.3, 0.4) is 0 Å². The van der Waals surface area contributed by atoms with E-state index >= 15 is 0 Å². The second-order valence-electron chi connectivity index (χ2n) is 8.90. The lowest BCUT2D eigenvalue weighted by atomic mass is 9.75. The van der Waals surface area contributed by atoms with Gasteiger partial charge in [0.25, 0.3) is 0 Å². The number of Topliss-reactive ketones (excluding diaryl/α,β-unsaturated/α-hetero) is 1. The maximum Gasteiger partial charge on any atom is 0.171 e. The molecule has 2 heterocycles. The zero-order valence-electron chi connectivity index (χ0n) is 18.5. The van der Waals surface area contributed by atoms with E-state index < -0.39 is 0 Å². The van der Waals surface area contributed by atoms with E-state index in [1.807, 2.05) is 24.4 Å². The van der Waals surface area contributed by atoms with Crippen molar-refractivity contribution in [3.05, 3.63) is 123 Å². The molecule has 6 rings (SSSR count). The first kappa shape index (κ1) is 20.9. The zero-order chi connectivity index (χ0) is 23.1. The molecule has 2 aromatic carbocycles. The number of benzene rings is 2. The van der Waals surface area contributed by atoms with Gasteiger partial charge in [-0.15, -0.1) is 0 Å². The van der Waals surface area contributed by atoms with E-state index in [9.17, 15) is 4.79 Å². The first-order chi connectivity index (χ1) is 16.7. The normalized spacial score (nSPS) is 19.9. The van der Waals surface area contributed by atoms with Crippen molar-refractivity contribution in [1.29, 1.82) is 0 Å².